The van der Waals surface area contributed by atoms with Crippen molar-refractivity contribution in [1.29, 1.82) is 0 Å². The van der Waals surface area contributed by atoms with E-state index >= 15 is 0 Å². The van der Waals surface area contributed by atoms with Gasteiger partial charge >= 0.3 is 0 Å². The van der Waals surface area contributed by atoms with E-state index in [1.807, 2.05) is 24.1 Å². The summed E-state index contributed by atoms with van der Waals surface area (Å²) in [5.41, 5.74) is 6.77. The molecular weight excluding hydrogens is 405 g/mol. The van der Waals surface area contributed by atoms with E-state index in [0.717, 1.165) is 24.8 Å². The molecule has 0 N–H and O–H groups in total. The lowest BCUT2D eigenvalue weighted by atomic mass is 9.64. The predicted molar refractivity (Wildman–Crippen MR) is 121 cm³/mol. The molecule has 1 unspecified atom stereocenters. The van der Waals surface area contributed by atoms with Crippen molar-refractivity contribution in [2.75, 3.05) is 6.54 Å². The zero-order valence-electron chi connectivity index (χ0n) is 16.2. The Morgan fingerprint density at radius 1 is 1.00 bits per heavy atom. The maximum Gasteiger partial charge on any atom is 0.0595 e. The average Bonchev–Trinajstić information content (AvgIpc) is 3.09. The molecule has 3 aliphatic rings. The molecular formula is C24H27Cl2NS. The fraction of sp³-hybridized carbons (Fsp3) is 0.500. The predicted octanol–water partition coefficient (Wildman–Crippen LogP) is 7.74. The molecule has 28 heavy (non-hydrogen) atoms. The molecule has 1 heterocycles. The Labute approximate surface area is 182 Å². The number of rotatable bonds is 3. The first kappa shape index (κ1) is 19.3. The van der Waals surface area contributed by atoms with E-state index in [4.69, 9.17) is 23.2 Å². The van der Waals surface area contributed by atoms with E-state index in [1.54, 1.807) is 16.7 Å². The van der Waals surface area contributed by atoms with Crippen LogP contribution in [0.15, 0.2) is 36.4 Å². The molecule has 5 rings (SSSR count). The number of fused-ring (bicyclic) bond motifs is 1. The molecule has 0 saturated heterocycles. The van der Waals surface area contributed by atoms with E-state index < -0.39 is 0 Å². The quantitative estimate of drug-likeness (QED) is 0.457. The van der Waals surface area contributed by atoms with Gasteiger partial charge in [-0.3, -0.25) is 0 Å². The number of hydrogen-bond acceptors (Lipinski definition) is 2. The van der Waals surface area contributed by atoms with Gasteiger partial charge in [-0.05, 0) is 77.8 Å². The molecule has 0 radical (unpaired) electrons. The van der Waals surface area contributed by atoms with Gasteiger partial charge in [-0.1, -0.05) is 72.3 Å². The van der Waals surface area contributed by atoms with Gasteiger partial charge in [0.2, 0.25) is 0 Å². The van der Waals surface area contributed by atoms with Gasteiger partial charge in [0.25, 0.3) is 0 Å². The second-order valence-corrected chi connectivity index (χ2v) is 10.7. The van der Waals surface area contributed by atoms with E-state index in [9.17, 15) is 0 Å². The minimum Gasteiger partial charge on any atom is -0.246 e. The first-order chi connectivity index (χ1) is 13.6. The summed E-state index contributed by atoms with van der Waals surface area (Å²) in [5.74, 6) is 1.70. The summed E-state index contributed by atoms with van der Waals surface area (Å²) in [5, 5.41) is 1.28. The van der Waals surface area contributed by atoms with Crippen LogP contribution >= 0.6 is 35.1 Å². The van der Waals surface area contributed by atoms with Crippen LogP contribution in [0.4, 0.5) is 0 Å². The lowest BCUT2D eigenvalue weighted by Gasteiger charge is -2.40. The van der Waals surface area contributed by atoms with Crippen molar-refractivity contribution in [1.82, 2.24) is 4.31 Å². The maximum absolute atomic E-state index is 6.20. The molecule has 1 atom stereocenters. The Morgan fingerprint density at radius 3 is 2.68 bits per heavy atom. The van der Waals surface area contributed by atoms with Gasteiger partial charge in [-0.15, -0.1) is 0 Å². The summed E-state index contributed by atoms with van der Waals surface area (Å²) >= 11 is 14.2. The molecule has 2 aromatic carbocycles. The van der Waals surface area contributed by atoms with E-state index in [-0.39, 0.29) is 0 Å². The van der Waals surface area contributed by atoms with Crippen LogP contribution in [0.25, 0.3) is 0 Å². The molecule has 1 fully saturated rings. The molecule has 1 aliphatic heterocycles. The smallest absolute Gasteiger partial charge is 0.0595 e. The van der Waals surface area contributed by atoms with Gasteiger partial charge in [0.15, 0.2) is 0 Å². The molecule has 4 heteroatoms. The molecule has 1 saturated carbocycles. The van der Waals surface area contributed by atoms with Crippen molar-refractivity contribution in [3.63, 3.8) is 0 Å². The number of nitrogens with zero attached hydrogens (tertiary/aromatic N) is 1. The number of halogens is 2. The number of hydrogen-bond donors (Lipinski definition) is 0. The molecule has 1 nitrogen and oxygen atoms in total. The highest BCUT2D eigenvalue weighted by Crippen LogP contribution is 2.54. The van der Waals surface area contributed by atoms with E-state index in [1.165, 1.54) is 50.5 Å². The second-order valence-electron chi connectivity index (χ2n) is 8.78. The summed E-state index contributed by atoms with van der Waals surface area (Å²) < 4.78 is 2.57. The first-order valence-corrected chi connectivity index (χ1v) is 12.3. The maximum atomic E-state index is 6.20. The topological polar surface area (TPSA) is 3.24 Å². The van der Waals surface area contributed by atoms with Crippen molar-refractivity contribution in [2.24, 2.45) is 0 Å². The molecule has 0 amide bonds. The lowest BCUT2D eigenvalue weighted by Crippen LogP contribution is -2.30. The highest BCUT2D eigenvalue weighted by Gasteiger charge is 2.43. The van der Waals surface area contributed by atoms with Crippen LogP contribution in [-0.2, 0) is 17.7 Å². The first-order valence-electron chi connectivity index (χ1n) is 10.6. The zero-order chi connectivity index (χ0) is 19.1. The van der Waals surface area contributed by atoms with Gasteiger partial charge in [-0.25, -0.2) is 4.31 Å². The Kier molecular flexibility index (Phi) is 5.43. The monoisotopic (exact) mass is 431 g/mol. The highest BCUT2D eigenvalue weighted by atomic mass is 35.5. The van der Waals surface area contributed by atoms with Crippen LogP contribution in [0, 0.1) is 0 Å². The Hall–Kier alpha value is -0.670. The molecule has 148 valence electrons. The summed E-state index contributed by atoms with van der Waals surface area (Å²) in [6, 6.07) is 13.2. The third kappa shape index (κ3) is 3.51. The molecule has 2 aliphatic carbocycles. The minimum atomic E-state index is 0.504. The number of benzene rings is 2. The molecule has 0 bridgehead atoms. The summed E-state index contributed by atoms with van der Waals surface area (Å²) in [6.45, 7) is 2.22. The van der Waals surface area contributed by atoms with Gasteiger partial charge in [0.05, 0.1) is 10.0 Å². The highest BCUT2D eigenvalue weighted by molar-refractivity contribution is 7.96. The summed E-state index contributed by atoms with van der Waals surface area (Å²) in [4.78, 5) is 0. The van der Waals surface area contributed by atoms with Crippen molar-refractivity contribution < 1.29 is 0 Å². The minimum absolute atomic E-state index is 0.504. The normalized spacial score (nSPS) is 23.6. The van der Waals surface area contributed by atoms with Crippen LogP contribution < -0.4 is 0 Å². The van der Waals surface area contributed by atoms with Crippen molar-refractivity contribution in [2.45, 2.75) is 68.6 Å². The average molecular weight is 432 g/mol. The summed E-state index contributed by atoms with van der Waals surface area (Å²) in [7, 11) is 0. The zero-order valence-corrected chi connectivity index (χ0v) is 18.6. The molecule has 2 aromatic rings. The fourth-order valence-electron chi connectivity index (χ4n) is 5.76. The van der Waals surface area contributed by atoms with Crippen LogP contribution in [0.5, 0.6) is 0 Å². The van der Waals surface area contributed by atoms with Crippen LogP contribution in [-0.4, -0.2) is 10.8 Å². The van der Waals surface area contributed by atoms with Crippen LogP contribution in [0.3, 0.4) is 0 Å². The third-order valence-electron chi connectivity index (χ3n) is 7.18. The van der Waals surface area contributed by atoms with Gasteiger partial charge < -0.3 is 0 Å². The third-order valence-corrected chi connectivity index (χ3v) is 9.06. The van der Waals surface area contributed by atoms with Gasteiger partial charge in [0.1, 0.15) is 0 Å². The second kappa shape index (κ2) is 7.87. The van der Waals surface area contributed by atoms with E-state index in [2.05, 4.69) is 28.6 Å². The Morgan fingerprint density at radius 2 is 1.86 bits per heavy atom. The summed E-state index contributed by atoms with van der Waals surface area (Å²) in [6.07, 6.45) is 9.73. The van der Waals surface area contributed by atoms with E-state index in [0.29, 0.717) is 15.5 Å². The largest absolute Gasteiger partial charge is 0.246 e. The van der Waals surface area contributed by atoms with Crippen molar-refractivity contribution in [3.8, 4) is 0 Å². The standard InChI is InChI=1S/C24H27Cl2NS/c25-21-7-6-17(14-22(21)26)16-28-27-13-9-18-8-12-24(10-1-2-11-24)20-5-3-4-19(15-27)23(18)20/h3-7,14,18H,1-2,8-13,15-16H2. The SMILES string of the molecule is Clc1ccc(CSN2CCC3CCC4(CCCC4)c4cccc(c43)C2)cc1Cl. The van der Waals surface area contributed by atoms with Crippen LogP contribution in [0.1, 0.15) is 73.1 Å². The van der Waals surface area contributed by atoms with Crippen molar-refractivity contribution >= 4 is 35.1 Å². The molecule has 0 aromatic heterocycles. The van der Waals surface area contributed by atoms with Crippen LogP contribution in [0.2, 0.25) is 10.0 Å². The fourth-order valence-corrected chi connectivity index (χ4v) is 7.06. The molecule has 1 spiro atoms. The van der Waals surface area contributed by atoms with Gasteiger partial charge in [0, 0.05) is 18.8 Å². The Balaban J connectivity index is 1.37. The van der Waals surface area contributed by atoms with Crippen molar-refractivity contribution in [3.05, 3.63) is 68.7 Å². The Bertz CT molecular complexity index is 875. The van der Waals surface area contributed by atoms with Gasteiger partial charge in [-0.2, -0.15) is 0 Å². The lowest BCUT2D eigenvalue weighted by molar-refractivity contribution is 0.332.